The summed E-state index contributed by atoms with van der Waals surface area (Å²) in [6, 6.07) is 87.1. The Morgan fingerprint density at radius 1 is 0.342 bits per heavy atom. The second kappa shape index (κ2) is 17.7. The monoisotopic (exact) mass is 954 g/mol. The van der Waals surface area contributed by atoms with Gasteiger partial charge < -0.3 is 9.47 Å². The fraction of sp³-hybridized carbons (Fsp3) is 0.0588. The third-order valence-electron chi connectivity index (χ3n) is 14.6. The molecule has 0 atom stereocenters. The largest absolute Gasteiger partial charge is 0.458 e. The Balaban J connectivity index is 1.11. The number of fused-ring (bicyclic) bond motifs is 8. The quantitative estimate of drug-likeness (QED) is 0.149. The van der Waals surface area contributed by atoms with Crippen molar-refractivity contribution in [3.05, 3.63) is 254 Å². The lowest BCUT2D eigenvalue weighted by atomic mass is 9.73. The standard InChI is InChI=1S/C68H50N2O2Si/c1-68(2,3)52-43-50(41-42-51(52)66-69-44-59-67(70-66)72-55-37-21-24-40-58(55)73(59)56-38-22-19-35-53(56)71-54-36-20-23-39-57(54)73)65-63(48-31-15-7-16-32-48)61(46-27-11-5-12-28-46)60(45-25-9-4-10-26-45)62(47-29-13-6-14-30-47)64(65)49-33-17-8-18-34-49/h4-44H,1-3H3. The van der Waals surface area contributed by atoms with E-state index in [1.54, 1.807) is 0 Å². The van der Waals surface area contributed by atoms with Crippen LogP contribution in [0.3, 0.4) is 0 Å². The van der Waals surface area contributed by atoms with E-state index in [0.717, 1.165) is 88.1 Å². The Morgan fingerprint density at radius 3 is 1.07 bits per heavy atom. The zero-order chi connectivity index (χ0) is 49.1. The molecule has 2 aliphatic rings. The molecule has 1 aromatic heterocycles. The van der Waals surface area contributed by atoms with Crippen LogP contribution in [-0.4, -0.2) is 18.0 Å². The number of benzene rings is 10. The molecule has 0 aliphatic carbocycles. The van der Waals surface area contributed by atoms with Crippen molar-refractivity contribution in [1.29, 1.82) is 0 Å². The summed E-state index contributed by atoms with van der Waals surface area (Å²) in [5.74, 6) is 3.73. The summed E-state index contributed by atoms with van der Waals surface area (Å²) in [6.45, 7) is 6.87. The molecule has 73 heavy (non-hydrogen) atoms. The maximum absolute atomic E-state index is 6.95. The van der Waals surface area contributed by atoms with Crippen LogP contribution in [0.25, 0.3) is 78.1 Å². The van der Waals surface area contributed by atoms with Crippen molar-refractivity contribution in [3.8, 4) is 101 Å². The lowest BCUT2D eigenvalue weighted by molar-refractivity contribution is 0.465. The first-order valence-electron chi connectivity index (χ1n) is 25.1. The Kier molecular flexibility index (Phi) is 10.7. The zero-order valence-electron chi connectivity index (χ0n) is 40.9. The van der Waals surface area contributed by atoms with E-state index >= 15 is 0 Å². The van der Waals surface area contributed by atoms with Crippen LogP contribution in [0.2, 0.25) is 0 Å². The van der Waals surface area contributed by atoms with Crippen molar-refractivity contribution in [2.24, 2.45) is 0 Å². The van der Waals surface area contributed by atoms with Crippen LogP contribution in [0.4, 0.5) is 0 Å². The fourth-order valence-corrected chi connectivity index (χ4v) is 16.5. The minimum Gasteiger partial charge on any atom is -0.458 e. The van der Waals surface area contributed by atoms with Crippen molar-refractivity contribution in [1.82, 2.24) is 9.97 Å². The summed E-state index contributed by atoms with van der Waals surface area (Å²) in [7, 11) is -3.03. The molecule has 0 unspecified atom stereocenters. The van der Waals surface area contributed by atoms with Gasteiger partial charge in [-0.2, -0.15) is 4.98 Å². The van der Waals surface area contributed by atoms with E-state index in [4.69, 9.17) is 19.4 Å². The number of hydrogen-bond acceptors (Lipinski definition) is 4. The SMILES string of the molecule is CC(C)(C)c1cc(-c2c(-c3ccccc3)c(-c3ccccc3)c(-c3ccccc3)c(-c3ccccc3)c2-c2ccccc2)ccc1-c1ncc2c(n1)Oc1ccccc1[Si]21c2ccccc2Oc2ccccc21. The molecule has 0 fully saturated rings. The molecular formula is C68H50N2O2Si. The molecule has 10 aromatic carbocycles. The van der Waals surface area contributed by atoms with Crippen LogP contribution in [0.1, 0.15) is 26.3 Å². The van der Waals surface area contributed by atoms with E-state index in [-0.39, 0.29) is 5.41 Å². The highest BCUT2D eigenvalue weighted by atomic mass is 28.3. The van der Waals surface area contributed by atoms with Crippen LogP contribution in [-0.2, 0) is 5.41 Å². The van der Waals surface area contributed by atoms with E-state index in [0.29, 0.717) is 11.7 Å². The average molecular weight is 955 g/mol. The Hall–Kier alpha value is -8.90. The first-order valence-corrected chi connectivity index (χ1v) is 27.1. The Labute approximate surface area is 427 Å². The van der Waals surface area contributed by atoms with Crippen LogP contribution in [0, 0.1) is 0 Å². The topological polar surface area (TPSA) is 44.2 Å². The maximum Gasteiger partial charge on any atom is 0.223 e. The molecule has 0 bridgehead atoms. The molecule has 348 valence electrons. The summed E-state index contributed by atoms with van der Waals surface area (Å²) in [6.07, 6.45) is 2.06. The van der Waals surface area contributed by atoms with Gasteiger partial charge in [0.25, 0.3) is 0 Å². The summed E-state index contributed by atoms with van der Waals surface area (Å²) >= 11 is 0. The van der Waals surface area contributed by atoms with E-state index in [2.05, 4.69) is 251 Å². The van der Waals surface area contributed by atoms with Crippen LogP contribution >= 0.6 is 0 Å². The van der Waals surface area contributed by atoms with E-state index in [1.807, 2.05) is 18.2 Å². The Morgan fingerprint density at radius 2 is 0.685 bits per heavy atom. The molecule has 2 aliphatic heterocycles. The number of ether oxygens (including phenoxy) is 2. The predicted octanol–water partition coefficient (Wildman–Crippen LogP) is 15.0. The van der Waals surface area contributed by atoms with Crippen LogP contribution in [0.15, 0.2) is 249 Å². The van der Waals surface area contributed by atoms with Gasteiger partial charge in [0.2, 0.25) is 14.0 Å². The number of nitrogens with zero attached hydrogens (tertiary/aromatic N) is 2. The molecule has 0 saturated carbocycles. The summed E-state index contributed by atoms with van der Waals surface area (Å²) in [5.41, 5.74) is 15.6. The lowest BCUT2D eigenvalue weighted by Crippen LogP contribution is -2.77. The molecule has 11 aromatic rings. The van der Waals surface area contributed by atoms with Gasteiger partial charge in [0.05, 0.1) is 0 Å². The van der Waals surface area contributed by atoms with Gasteiger partial charge in [0.1, 0.15) is 17.2 Å². The second-order valence-electron chi connectivity index (χ2n) is 19.9. The minimum absolute atomic E-state index is 0.332. The molecule has 0 amide bonds. The molecule has 0 saturated heterocycles. The van der Waals surface area contributed by atoms with Gasteiger partial charge in [-0.05, 0) is 118 Å². The first kappa shape index (κ1) is 44.1. The van der Waals surface area contributed by atoms with Gasteiger partial charge in [-0.15, -0.1) is 0 Å². The maximum atomic E-state index is 6.95. The highest BCUT2D eigenvalue weighted by Crippen LogP contribution is 2.56. The van der Waals surface area contributed by atoms with Crippen molar-refractivity contribution in [2.45, 2.75) is 26.2 Å². The van der Waals surface area contributed by atoms with E-state index in [1.165, 1.54) is 27.8 Å². The second-order valence-corrected chi connectivity index (χ2v) is 23.6. The zero-order valence-corrected chi connectivity index (χ0v) is 41.9. The third-order valence-corrected chi connectivity index (χ3v) is 19.4. The number of rotatable bonds is 7. The molecule has 1 spiro atoms. The smallest absolute Gasteiger partial charge is 0.223 e. The summed E-state index contributed by atoms with van der Waals surface area (Å²) in [5, 5.41) is 4.49. The lowest BCUT2D eigenvalue weighted by Gasteiger charge is -2.42. The van der Waals surface area contributed by atoms with Crippen molar-refractivity contribution >= 4 is 28.8 Å². The molecule has 0 N–H and O–H groups in total. The highest BCUT2D eigenvalue weighted by molar-refractivity contribution is 7.21. The Bertz CT molecular complexity index is 3710. The molecular weight excluding hydrogens is 905 g/mol. The first-order chi connectivity index (χ1) is 35.9. The van der Waals surface area contributed by atoms with E-state index in [9.17, 15) is 0 Å². The normalized spacial score (nSPS) is 12.9. The van der Waals surface area contributed by atoms with Crippen molar-refractivity contribution < 1.29 is 9.47 Å². The fourth-order valence-electron chi connectivity index (χ4n) is 11.5. The van der Waals surface area contributed by atoms with Crippen molar-refractivity contribution in [3.63, 3.8) is 0 Å². The summed E-state index contributed by atoms with van der Waals surface area (Å²) in [4.78, 5) is 10.9. The van der Waals surface area contributed by atoms with Crippen LogP contribution < -0.4 is 30.2 Å². The number of aromatic nitrogens is 2. The average Bonchev–Trinajstić information content (AvgIpc) is 3.45. The van der Waals surface area contributed by atoms with Crippen LogP contribution in [0.5, 0.6) is 23.1 Å². The molecule has 0 radical (unpaired) electrons. The van der Waals surface area contributed by atoms with Gasteiger partial charge in [0, 0.05) is 16.9 Å². The van der Waals surface area contributed by atoms with Gasteiger partial charge in [0.15, 0.2) is 5.82 Å². The summed E-state index contributed by atoms with van der Waals surface area (Å²) < 4.78 is 13.6. The molecule has 3 heterocycles. The highest BCUT2D eigenvalue weighted by Gasteiger charge is 2.54. The van der Waals surface area contributed by atoms with E-state index < -0.39 is 8.07 Å². The third kappa shape index (κ3) is 7.26. The number of hydrogen-bond donors (Lipinski definition) is 0. The molecule has 4 nitrogen and oxygen atoms in total. The van der Waals surface area contributed by atoms with Gasteiger partial charge in [-0.3, -0.25) is 0 Å². The molecule has 13 rings (SSSR count). The van der Waals surface area contributed by atoms with Gasteiger partial charge in [-0.1, -0.05) is 239 Å². The van der Waals surface area contributed by atoms with Gasteiger partial charge >= 0.3 is 0 Å². The predicted molar refractivity (Wildman–Crippen MR) is 303 cm³/mol. The van der Waals surface area contributed by atoms with Crippen molar-refractivity contribution in [2.75, 3.05) is 0 Å². The number of para-hydroxylation sites is 3. The van der Waals surface area contributed by atoms with Gasteiger partial charge in [-0.25, -0.2) is 4.98 Å². The molecule has 5 heteroatoms. The minimum atomic E-state index is -3.03.